The first kappa shape index (κ1) is 13.7. The molecule has 0 bridgehead atoms. The van der Waals surface area contributed by atoms with Crippen LogP contribution in [0.5, 0.6) is 0 Å². The molecule has 0 spiro atoms. The molecule has 0 aromatic carbocycles. The van der Waals surface area contributed by atoms with Gasteiger partial charge in [0.25, 0.3) is 5.91 Å². The third-order valence-electron chi connectivity index (χ3n) is 3.93. The van der Waals surface area contributed by atoms with Gasteiger partial charge in [-0.25, -0.2) is 0 Å². The van der Waals surface area contributed by atoms with Gasteiger partial charge in [-0.2, -0.15) is 0 Å². The second kappa shape index (κ2) is 4.15. The molecule has 0 aromatic heterocycles. The molecular formula is C12H25NO2Si. The summed E-state index contributed by atoms with van der Waals surface area (Å²) in [6.07, 6.45) is -0.217. The lowest BCUT2D eigenvalue weighted by Crippen LogP contribution is -2.47. The molecule has 94 valence electrons. The van der Waals surface area contributed by atoms with Crippen LogP contribution in [0.15, 0.2) is 0 Å². The molecule has 2 atom stereocenters. The van der Waals surface area contributed by atoms with Crippen LogP contribution in [0.25, 0.3) is 0 Å². The zero-order valence-electron chi connectivity index (χ0n) is 11.6. The first-order valence-electron chi connectivity index (χ1n) is 5.99. The molecule has 0 N–H and O–H groups in total. The van der Waals surface area contributed by atoms with Crippen molar-refractivity contribution in [3.8, 4) is 0 Å². The second-order valence-electron chi connectivity index (χ2n) is 6.49. The molecule has 1 amide bonds. The number of likely N-dealkylation sites (tertiary alicyclic amines) is 1. The number of nitrogens with zero attached hydrogens (tertiary/aromatic N) is 1. The third kappa shape index (κ3) is 2.48. The van der Waals surface area contributed by atoms with Gasteiger partial charge in [0.1, 0.15) is 6.10 Å². The van der Waals surface area contributed by atoms with Crippen molar-refractivity contribution in [3.63, 3.8) is 0 Å². The van der Waals surface area contributed by atoms with Crippen LogP contribution < -0.4 is 0 Å². The van der Waals surface area contributed by atoms with Crippen molar-refractivity contribution >= 4 is 14.2 Å². The van der Waals surface area contributed by atoms with Gasteiger partial charge in [-0.15, -0.1) is 0 Å². The minimum Gasteiger partial charge on any atom is -0.405 e. The SMILES string of the molecule is CC1CN(C)C(=O)C1O[Si](C)(C)C(C)(C)C. The summed E-state index contributed by atoms with van der Waals surface area (Å²) in [4.78, 5) is 13.7. The molecule has 1 aliphatic rings. The Morgan fingerprint density at radius 1 is 1.38 bits per heavy atom. The van der Waals surface area contributed by atoms with Gasteiger partial charge in [0.05, 0.1) is 0 Å². The summed E-state index contributed by atoms with van der Waals surface area (Å²) in [5.74, 6) is 0.462. The Bertz CT molecular complexity index is 283. The van der Waals surface area contributed by atoms with Crippen molar-refractivity contribution in [3.05, 3.63) is 0 Å². The van der Waals surface area contributed by atoms with Crippen molar-refractivity contribution in [2.24, 2.45) is 5.92 Å². The van der Waals surface area contributed by atoms with Gasteiger partial charge in [-0.05, 0) is 18.1 Å². The molecule has 0 aliphatic carbocycles. The first-order valence-corrected chi connectivity index (χ1v) is 8.90. The molecule has 3 nitrogen and oxygen atoms in total. The summed E-state index contributed by atoms with van der Waals surface area (Å²) in [5.41, 5.74) is 0. The van der Waals surface area contributed by atoms with Gasteiger partial charge < -0.3 is 9.33 Å². The molecule has 4 heteroatoms. The molecule has 1 heterocycles. The molecule has 1 saturated heterocycles. The van der Waals surface area contributed by atoms with E-state index in [9.17, 15) is 4.79 Å². The van der Waals surface area contributed by atoms with Crippen molar-refractivity contribution in [1.29, 1.82) is 0 Å². The first-order chi connectivity index (χ1) is 7.06. The van der Waals surface area contributed by atoms with Crippen LogP contribution in [0.1, 0.15) is 27.7 Å². The Kier molecular flexibility index (Phi) is 3.55. The van der Waals surface area contributed by atoms with E-state index >= 15 is 0 Å². The van der Waals surface area contributed by atoms with Gasteiger partial charge in [-0.3, -0.25) is 4.79 Å². The van der Waals surface area contributed by atoms with Gasteiger partial charge in [0.2, 0.25) is 0 Å². The lowest BCUT2D eigenvalue weighted by atomic mass is 10.1. The Hall–Kier alpha value is -0.353. The van der Waals surface area contributed by atoms with Crippen molar-refractivity contribution in [1.82, 2.24) is 4.90 Å². The molecule has 1 rings (SSSR count). The van der Waals surface area contributed by atoms with Crippen LogP contribution in [-0.4, -0.2) is 38.8 Å². The van der Waals surface area contributed by atoms with Crippen LogP contribution in [0, 0.1) is 5.92 Å². The largest absolute Gasteiger partial charge is 0.405 e. The highest BCUT2D eigenvalue weighted by molar-refractivity contribution is 6.74. The molecule has 16 heavy (non-hydrogen) atoms. The predicted molar refractivity (Wildman–Crippen MR) is 68.9 cm³/mol. The lowest BCUT2D eigenvalue weighted by Gasteiger charge is -2.38. The topological polar surface area (TPSA) is 29.5 Å². The Labute approximate surface area is 100 Å². The fourth-order valence-electron chi connectivity index (χ4n) is 1.74. The Morgan fingerprint density at radius 2 is 1.88 bits per heavy atom. The van der Waals surface area contributed by atoms with Crippen LogP contribution in [-0.2, 0) is 9.22 Å². The molecule has 1 fully saturated rings. The van der Waals surface area contributed by atoms with E-state index in [0.717, 1.165) is 6.54 Å². The number of rotatable bonds is 2. The number of amides is 1. The van der Waals surface area contributed by atoms with Crippen LogP contribution >= 0.6 is 0 Å². The van der Waals surface area contributed by atoms with E-state index in [1.54, 1.807) is 4.90 Å². The number of hydrogen-bond acceptors (Lipinski definition) is 2. The van der Waals surface area contributed by atoms with Gasteiger partial charge in [0, 0.05) is 19.5 Å². The van der Waals surface area contributed by atoms with Crippen molar-refractivity contribution < 1.29 is 9.22 Å². The molecule has 2 unspecified atom stereocenters. The molecule has 0 aromatic rings. The van der Waals surface area contributed by atoms with Gasteiger partial charge in [0.15, 0.2) is 8.32 Å². The van der Waals surface area contributed by atoms with Crippen molar-refractivity contribution in [2.75, 3.05) is 13.6 Å². The third-order valence-corrected chi connectivity index (χ3v) is 8.38. The number of hydrogen-bond donors (Lipinski definition) is 0. The number of likely N-dealkylation sites (N-methyl/N-ethyl adjacent to an activating group) is 1. The van der Waals surface area contributed by atoms with E-state index in [1.807, 2.05) is 7.05 Å². The normalized spacial score (nSPS) is 27.7. The fraction of sp³-hybridized carbons (Fsp3) is 0.917. The highest BCUT2D eigenvalue weighted by Crippen LogP contribution is 2.39. The van der Waals surface area contributed by atoms with E-state index in [4.69, 9.17) is 4.43 Å². The van der Waals surface area contributed by atoms with Crippen LogP contribution in [0.3, 0.4) is 0 Å². The molecule has 1 aliphatic heterocycles. The minimum atomic E-state index is -1.83. The zero-order valence-corrected chi connectivity index (χ0v) is 12.6. The summed E-state index contributed by atoms with van der Waals surface area (Å²) in [6.45, 7) is 13.9. The van der Waals surface area contributed by atoms with E-state index in [2.05, 4.69) is 40.8 Å². The van der Waals surface area contributed by atoms with E-state index < -0.39 is 8.32 Å². The van der Waals surface area contributed by atoms with E-state index in [1.165, 1.54) is 0 Å². The maximum atomic E-state index is 11.9. The molecule has 0 radical (unpaired) electrons. The number of carbonyl (C=O) groups is 1. The van der Waals surface area contributed by atoms with Gasteiger partial charge in [-0.1, -0.05) is 27.7 Å². The van der Waals surface area contributed by atoms with Gasteiger partial charge >= 0.3 is 0 Å². The second-order valence-corrected chi connectivity index (χ2v) is 11.3. The quantitative estimate of drug-likeness (QED) is 0.697. The summed E-state index contributed by atoms with van der Waals surface area (Å²) >= 11 is 0. The average Bonchev–Trinajstić information content (AvgIpc) is 2.30. The highest BCUT2D eigenvalue weighted by atomic mass is 28.4. The maximum absolute atomic E-state index is 11.9. The van der Waals surface area contributed by atoms with Crippen LogP contribution in [0.4, 0.5) is 0 Å². The highest BCUT2D eigenvalue weighted by Gasteiger charge is 2.45. The molecule has 0 saturated carbocycles. The summed E-state index contributed by atoms with van der Waals surface area (Å²) < 4.78 is 6.21. The summed E-state index contributed by atoms with van der Waals surface area (Å²) in [5, 5.41) is 0.161. The van der Waals surface area contributed by atoms with E-state index in [-0.39, 0.29) is 17.0 Å². The van der Waals surface area contributed by atoms with E-state index in [0.29, 0.717) is 5.92 Å². The standard InChI is InChI=1S/C12H25NO2Si/c1-9-8-13(5)11(14)10(9)15-16(6,7)12(2,3)4/h9-10H,8H2,1-7H3. The predicted octanol–water partition coefficient (Wildman–Crippen LogP) is 2.48. The molecular weight excluding hydrogens is 218 g/mol. The average molecular weight is 243 g/mol. The minimum absolute atomic E-state index is 0.150. The van der Waals surface area contributed by atoms with Crippen LogP contribution in [0.2, 0.25) is 18.1 Å². The fourth-order valence-corrected chi connectivity index (χ4v) is 3.06. The smallest absolute Gasteiger partial charge is 0.250 e. The monoisotopic (exact) mass is 243 g/mol. The van der Waals surface area contributed by atoms with Crippen molar-refractivity contribution in [2.45, 2.75) is 51.9 Å². The summed E-state index contributed by atoms with van der Waals surface area (Å²) in [6, 6.07) is 0. The summed E-state index contributed by atoms with van der Waals surface area (Å²) in [7, 11) is 0.0244. The number of carbonyl (C=O) groups excluding carboxylic acids is 1. The maximum Gasteiger partial charge on any atom is 0.250 e. The Balaban J connectivity index is 2.78. The zero-order chi connectivity index (χ0) is 12.7. The Morgan fingerprint density at radius 3 is 2.19 bits per heavy atom. The lowest BCUT2D eigenvalue weighted by molar-refractivity contribution is -0.133.